The number of nitro groups is 1. The van der Waals surface area contributed by atoms with E-state index < -0.39 is 10.8 Å². The molecule has 0 aliphatic rings. The Kier molecular flexibility index (Phi) is 6.38. The van der Waals surface area contributed by atoms with Crippen molar-refractivity contribution in [1.82, 2.24) is 15.2 Å². The summed E-state index contributed by atoms with van der Waals surface area (Å²) < 4.78 is 12.0. The van der Waals surface area contributed by atoms with E-state index >= 15 is 0 Å². The van der Waals surface area contributed by atoms with E-state index in [-0.39, 0.29) is 11.4 Å². The van der Waals surface area contributed by atoms with Crippen molar-refractivity contribution in [3.05, 3.63) is 81.7 Å². The second-order valence-corrected chi connectivity index (χ2v) is 6.13. The van der Waals surface area contributed by atoms with Gasteiger partial charge in [0.15, 0.2) is 5.69 Å². The molecule has 0 fully saturated rings. The number of hydrazone groups is 1. The summed E-state index contributed by atoms with van der Waals surface area (Å²) in [4.78, 5) is 22.5. The molecule has 2 aromatic carbocycles. The van der Waals surface area contributed by atoms with Crippen LogP contribution in [0.4, 0.5) is 5.69 Å². The first-order chi connectivity index (χ1) is 14.5. The van der Waals surface area contributed by atoms with Crippen LogP contribution in [-0.2, 0) is 6.54 Å². The zero-order valence-corrected chi connectivity index (χ0v) is 16.3. The van der Waals surface area contributed by atoms with Gasteiger partial charge in [-0.15, -0.1) is 0 Å². The molecule has 0 atom stereocenters. The van der Waals surface area contributed by atoms with Crippen molar-refractivity contribution in [3.63, 3.8) is 0 Å². The minimum atomic E-state index is -0.476. The Morgan fingerprint density at radius 3 is 2.63 bits per heavy atom. The third kappa shape index (κ3) is 4.98. The predicted octanol–water partition coefficient (Wildman–Crippen LogP) is 2.62. The van der Waals surface area contributed by atoms with E-state index in [1.165, 1.54) is 25.5 Å². The molecule has 1 amide bonds. The summed E-state index contributed by atoms with van der Waals surface area (Å²) >= 11 is 0. The zero-order chi connectivity index (χ0) is 21.5. The predicted molar refractivity (Wildman–Crippen MR) is 109 cm³/mol. The molecule has 0 unspecified atom stereocenters. The summed E-state index contributed by atoms with van der Waals surface area (Å²) in [5.74, 6) is 0.741. The highest BCUT2D eigenvalue weighted by molar-refractivity contribution is 5.93. The van der Waals surface area contributed by atoms with Gasteiger partial charge in [0.1, 0.15) is 11.5 Å². The summed E-state index contributed by atoms with van der Waals surface area (Å²) in [5, 5.41) is 18.9. The van der Waals surface area contributed by atoms with Gasteiger partial charge in [-0.3, -0.25) is 19.6 Å². The molecule has 0 spiro atoms. The summed E-state index contributed by atoms with van der Waals surface area (Å²) in [6, 6.07) is 12.9. The van der Waals surface area contributed by atoms with Crippen molar-refractivity contribution in [2.45, 2.75) is 6.54 Å². The normalized spacial score (nSPS) is 10.7. The van der Waals surface area contributed by atoms with Gasteiger partial charge < -0.3 is 9.47 Å². The number of non-ortho nitro benzene ring substituents is 1. The van der Waals surface area contributed by atoms with Crippen molar-refractivity contribution in [3.8, 4) is 11.5 Å². The molecule has 0 saturated carbocycles. The molecule has 30 heavy (non-hydrogen) atoms. The van der Waals surface area contributed by atoms with Crippen LogP contribution < -0.4 is 14.9 Å². The number of ether oxygens (including phenoxy) is 2. The molecule has 0 saturated heterocycles. The standard InChI is InChI=1S/C20H19N5O5/c1-29-17-7-8-19(30-2)15(11-17)12-21-22-20(26)18-9-10-24(23-18)13-14-3-5-16(6-4-14)25(27)28/h3-12H,13H2,1-2H3,(H,22,26)/b21-12+. The van der Waals surface area contributed by atoms with E-state index in [1.54, 1.807) is 54.4 Å². The van der Waals surface area contributed by atoms with Crippen molar-refractivity contribution in [2.24, 2.45) is 5.10 Å². The number of rotatable bonds is 8. The summed E-state index contributed by atoms with van der Waals surface area (Å²) in [5.41, 5.74) is 4.08. The highest BCUT2D eigenvalue weighted by Crippen LogP contribution is 2.22. The Morgan fingerprint density at radius 1 is 1.20 bits per heavy atom. The maximum absolute atomic E-state index is 12.3. The third-order valence-corrected chi connectivity index (χ3v) is 4.17. The van der Waals surface area contributed by atoms with Gasteiger partial charge in [-0.2, -0.15) is 10.2 Å². The molecule has 0 radical (unpaired) electrons. The minimum absolute atomic E-state index is 0.0183. The van der Waals surface area contributed by atoms with Gasteiger partial charge in [-0.05, 0) is 29.8 Å². The lowest BCUT2D eigenvalue weighted by molar-refractivity contribution is -0.384. The van der Waals surface area contributed by atoms with Crippen LogP contribution in [0.3, 0.4) is 0 Å². The number of methoxy groups -OCH3 is 2. The molecule has 0 aliphatic heterocycles. The van der Waals surface area contributed by atoms with Crippen LogP contribution in [0, 0.1) is 10.1 Å². The van der Waals surface area contributed by atoms with Gasteiger partial charge in [0.2, 0.25) is 0 Å². The maximum atomic E-state index is 12.3. The highest BCUT2D eigenvalue weighted by atomic mass is 16.6. The lowest BCUT2D eigenvalue weighted by atomic mass is 10.2. The number of hydrogen-bond acceptors (Lipinski definition) is 7. The highest BCUT2D eigenvalue weighted by Gasteiger charge is 2.10. The number of amides is 1. The average molecular weight is 409 g/mol. The number of nitrogens with one attached hydrogen (secondary N) is 1. The largest absolute Gasteiger partial charge is 0.497 e. The van der Waals surface area contributed by atoms with Crippen LogP contribution in [0.2, 0.25) is 0 Å². The van der Waals surface area contributed by atoms with Crippen LogP contribution >= 0.6 is 0 Å². The van der Waals surface area contributed by atoms with E-state index in [1.807, 2.05) is 0 Å². The van der Waals surface area contributed by atoms with Crippen molar-refractivity contribution >= 4 is 17.8 Å². The van der Waals surface area contributed by atoms with Crippen LogP contribution in [-0.4, -0.2) is 41.0 Å². The molecule has 1 heterocycles. The summed E-state index contributed by atoms with van der Waals surface area (Å²) in [7, 11) is 3.09. The first-order valence-corrected chi connectivity index (χ1v) is 8.82. The van der Waals surface area contributed by atoms with Gasteiger partial charge >= 0.3 is 0 Å². The Morgan fingerprint density at radius 2 is 1.97 bits per heavy atom. The smallest absolute Gasteiger partial charge is 0.291 e. The van der Waals surface area contributed by atoms with Gasteiger partial charge in [-0.1, -0.05) is 12.1 Å². The lowest BCUT2D eigenvalue weighted by Gasteiger charge is -2.06. The molecule has 10 nitrogen and oxygen atoms in total. The molecule has 3 rings (SSSR count). The Bertz CT molecular complexity index is 1080. The molecule has 10 heteroatoms. The van der Waals surface area contributed by atoms with E-state index in [0.717, 1.165) is 5.56 Å². The number of aromatic nitrogens is 2. The Hall–Kier alpha value is -4.21. The van der Waals surface area contributed by atoms with Crippen LogP contribution in [0.5, 0.6) is 11.5 Å². The number of carbonyl (C=O) groups is 1. The van der Waals surface area contributed by atoms with Crippen LogP contribution in [0.15, 0.2) is 59.8 Å². The minimum Gasteiger partial charge on any atom is -0.497 e. The van der Waals surface area contributed by atoms with E-state index in [9.17, 15) is 14.9 Å². The SMILES string of the molecule is COc1ccc(OC)c(/C=N/NC(=O)c2ccn(Cc3ccc([N+](=O)[O-])cc3)n2)c1. The second kappa shape index (κ2) is 9.32. The van der Waals surface area contributed by atoms with E-state index in [0.29, 0.717) is 23.6 Å². The van der Waals surface area contributed by atoms with Crippen molar-refractivity contribution < 1.29 is 19.2 Å². The molecular weight excluding hydrogens is 390 g/mol. The lowest BCUT2D eigenvalue weighted by Crippen LogP contribution is -2.18. The number of nitrogens with zero attached hydrogens (tertiary/aromatic N) is 4. The van der Waals surface area contributed by atoms with Gasteiger partial charge in [0, 0.05) is 23.9 Å². The Balaban J connectivity index is 1.62. The topological polar surface area (TPSA) is 121 Å². The van der Waals surface area contributed by atoms with E-state index in [4.69, 9.17) is 9.47 Å². The average Bonchev–Trinajstić information content (AvgIpc) is 3.22. The van der Waals surface area contributed by atoms with Crippen molar-refractivity contribution in [1.29, 1.82) is 0 Å². The fourth-order valence-corrected chi connectivity index (χ4v) is 2.64. The molecule has 3 aromatic rings. The molecule has 0 bridgehead atoms. The fraction of sp³-hybridized carbons (Fsp3) is 0.150. The third-order valence-electron chi connectivity index (χ3n) is 4.17. The summed E-state index contributed by atoms with van der Waals surface area (Å²) in [6.45, 7) is 0.371. The van der Waals surface area contributed by atoms with Gasteiger partial charge in [0.05, 0.1) is 31.9 Å². The van der Waals surface area contributed by atoms with Gasteiger partial charge in [-0.25, -0.2) is 5.43 Å². The first kappa shape index (κ1) is 20.5. The monoisotopic (exact) mass is 409 g/mol. The second-order valence-electron chi connectivity index (χ2n) is 6.13. The van der Waals surface area contributed by atoms with Crippen molar-refractivity contribution in [2.75, 3.05) is 14.2 Å². The number of benzene rings is 2. The zero-order valence-electron chi connectivity index (χ0n) is 16.3. The fourth-order valence-electron chi connectivity index (χ4n) is 2.64. The summed E-state index contributed by atoms with van der Waals surface area (Å²) in [6.07, 6.45) is 3.10. The first-order valence-electron chi connectivity index (χ1n) is 8.82. The number of carbonyl (C=O) groups excluding carboxylic acids is 1. The Labute approximate surface area is 171 Å². The maximum Gasteiger partial charge on any atom is 0.291 e. The molecule has 0 aliphatic carbocycles. The quantitative estimate of drug-likeness (QED) is 0.347. The molecule has 154 valence electrons. The molecule has 1 N–H and O–H groups in total. The number of nitro benzene ring substituents is 1. The van der Waals surface area contributed by atoms with E-state index in [2.05, 4.69) is 15.6 Å². The number of hydrogen-bond donors (Lipinski definition) is 1. The van der Waals surface area contributed by atoms with Gasteiger partial charge in [0.25, 0.3) is 11.6 Å². The van der Waals surface area contributed by atoms with Crippen LogP contribution in [0.25, 0.3) is 0 Å². The van der Waals surface area contributed by atoms with Crippen LogP contribution in [0.1, 0.15) is 21.6 Å². The molecular formula is C20H19N5O5. The molecule has 1 aromatic heterocycles.